The number of rotatable bonds is 11. The number of aryl methyl sites for hydroxylation is 1. The third-order valence-corrected chi connectivity index (χ3v) is 7.84. The zero-order chi connectivity index (χ0) is 33.4. The van der Waals surface area contributed by atoms with E-state index >= 15 is 0 Å². The summed E-state index contributed by atoms with van der Waals surface area (Å²) in [4.78, 5) is 84.8. The highest BCUT2D eigenvalue weighted by Crippen LogP contribution is 2.27. The van der Waals surface area contributed by atoms with E-state index in [1.807, 2.05) is 13.0 Å². The molecule has 2 atom stereocenters. The summed E-state index contributed by atoms with van der Waals surface area (Å²) in [5.41, 5.74) is 1.10. The van der Waals surface area contributed by atoms with Crippen LogP contribution in [0.15, 0.2) is 24.3 Å². The predicted octanol–water partition coefficient (Wildman–Crippen LogP) is 0.923. The number of carbonyl (C=O) groups is 6. The fourth-order valence-electron chi connectivity index (χ4n) is 5.55. The number of hydrogen-bond donors (Lipinski definition) is 3. The maximum absolute atomic E-state index is 13.5. The zero-order valence-electron chi connectivity index (χ0n) is 26.2. The third kappa shape index (κ3) is 8.20. The van der Waals surface area contributed by atoms with Crippen LogP contribution < -0.4 is 15.4 Å². The van der Waals surface area contributed by atoms with E-state index in [1.54, 1.807) is 26.0 Å². The lowest BCUT2D eigenvalue weighted by Gasteiger charge is -2.35. The van der Waals surface area contributed by atoms with Gasteiger partial charge in [-0.3, -0.25) is 24.0 Å². The van der Waals surface area contributed by atoms with E-state index in [1.165, 1.54) is 20.8 Å². The summed E-state index contributed by atoms with van der Waals surface area (Å²) < 4.78 is 10.9. The monoisotopic (exact) mass is 640 g/mol. The zero-order valence-corrected chi connectivity index (χ0v) is 26.2. The Morgan fingerprint density at radius 2 is 1.74 bits per heavy atom. The fourth-order valence-corrected chi connectivity index (χ4v) is 5.55. The van der Waals surface area contributed by atoms with Crippen molar-refractivity contribution in [3.05, 3.63) is 35.5 Å². The predicted molar refractivity (Wildman–Crippen MR) is 164 cm³/mol. The first kappa shape index (κ1) is 33.9. The molecule has 1 aromatic carbocycles. The molecule has 0 aliphatic carbocycles. The molecule has 0 bridgehead atoms. The van der Waals surface area contributed by atoms with E-state index < -0.39 is 42.4 Å². The van der Waals surface area contributed by atoms with Gasteiger partial charge in [-0.1, -0.05) is 6.07 Å². The van der Waals surface area contributed by atoms with Gasteiger partial charge in [0.05, 0.1) is 18.5 Å². The van der Waals surface area contributed by atoms with Gasteiger partial charge in [0.15, 0.2) is 6.61 Å². The number of fused-ring (bicyclic) bond motifs is 1. The van der Waals surface area contributed by atoms with Crippen molar-refractivity contribution in [2.75, 3.05) is 52.5 Å². The molecule has 2 saturated heterocycles. The normalized spacial score (nSPS) is 16.9. The minimum absolute atomic E-state index is 0.140. The first-order chi connectivity index (χ1) is 22.0. The van der Waals surface area contributed by atoms with Crippen LogP contribution in [0.1, 0.15) is 49.2 Å². The average Bonchev–Trinajstić information content (AvgIpc) is 3.53. The van der Waals surface area contributed by atoms with Gasteiger partial charge in [-0.2, -0.15) is 0 Å². The molecule has 15 nitrogen and oxygen atoms in total. The van der Waals surface area contributed by atoms with Crippen LogP contribution in [0.25, 0.3) is 10.9 Å². The molecule has 3 heterocycles. The highest BCUT2D eigenvalue weighted by atomic mass is 16.6. The van der Waals surface area contributed by atoms with Gasteiger partial charge in [-0.25, -0.2) is 9.78 Å². The van der Waals surface area contributed by atoms with Gasteiger partial charge in [0, 0.05) is 50.7 Å². The maximum Gasteiger partial charge on any atom is 0.409 e. The number of likely N-dealkylation sites (tertiary alicyclic amines) is 1. The van der Waals surface area contributed by atoms with Crippen molar-refractivity contribution in [1.82, 2.24) is 30.3 Å². The minimum atomic E-state index is -1.40. The van der Waals surface area contributed by atoms with E-state index in [0.717, 1.165) is 5.56 Å². The summed E-state index contributed by atoms with van der Waals surface area (Å²) in [5.74, 6) is -3.12. The molecule has 0 radical (unpaired) electrons. The molecule has 2 fully saturated rings. The molecular weight excluding hydrogens is 600 g/mol. The number of nitrogens with one attached hydrogen (secondary N) is 2. The summed E-state index contributed by atoms with van der Waals surface area (Å²) in [6, 6.07) is 4.67. The lowest BCUT2D eigenvalue weighted by Crippen LogP contribution is -2.56. The van der Waals surface area contributed by atoms with Gasteiger partial charge >= 0.3 is 12.1 Å². The second-order valence-corrected chi connectivity index (χ2v) is 11.1. The van der Waals surface area contributed by atoms with E-state index in [9.17, 15) is 33.9 Å². The number of amides is 5. The van der Waals surface area contributed by atoms with Crippen molar-refractivity contribution in [2.24, 2.45) is 0 Å². The molecule has 248 valence electrons. The van der Waals surface area contributed by atoms with E-state index in [2.05, 4.69) is 15.6 Å². The first-order valence-corrected chi connectivity index (χ1v) is 15.4. The lowest BCUT2D eigenvalue weighted by atomic mass is 10.1. The molecule has 0 spiro atoms. The number of likely N-dealkylation sites (N-methyl/N-ethyl adjacent to an activating group) is 1. The summed E-state index contributed by atoms with van der Waals surface area (Å²) in [5, 5.41) is 15.3. The van der Waals surface area contributed by atoms with Crippen molar-refractivity contribution in [3.63, 3.8) is 0 Å². The molecule has 3 N–H and O–H groups in total. The van der Waals surface area contributed by atoms with Crippen LogP contribution in [0.2, 0.25) is 0 Å². The van der Waals surface area contributed by atoms with Crippen LogP contribution in [0, 0.1) is 6.92 Å². The molecule has 4 rings (SSSR count). The van der Waals surface area contributed by atoms with Crippen molar-refractivity contribution >= 4 is 46.6 Å². The Labute approximate surface area is 266 Å². The van der Waals surface area contributed by atoms with Crippen molar-refractivity contribution in [1.29, 1.82) is 0 Å². The SMILES string of the molecule is CCNC(=O)C1CCCN1C(=O)COc1cc(C(=O)NC(CC(=O)O)C(=O)N2CCN(C(=O)OCC)CC2)nc2cc(C)ccc12. The van der Waals surface area contributed by atoms with Gasteiger partial charge in [-0.05, 0) is 51.3 Å². The second-order valence-electron chi connectivity index (χ2n) is 11.1. The van der Waals surface area contributed by atoms with Crippen LogP contribution in [0.4, 0.5) is 4.79 Å². The van der Waals surface area contributed by atoms with Crippen LogP contribution in [-0.4, -0.2) is 125 Å². The number of aromatic nitrogens is 1. The topological polar surface area (TPSA) is 188 Å². The van der Waals surface area contributed by atoms with Crippen molar-refractivity contribution in [2.45, 2.75) is 52.1 Å². The van der Waals surface area contributed by atoms with E-state index in [-0.39, 0.29) is 62.7 Å². The lowest BCUT2D eigenvalue weighted by molar-refractivity contribution is -0.143. The number of piperazine rings is 1. The second kappa shape index (κ2) is 15.4. The van der Waals surface area contributed by atoms with Crippen molar-refractivity contribution < 1.29 is 43.3 Å². The largest absolute Gasteiger partial charge is 0.483 e. The molecule has 1 aromatic heterocycles. The Morgan fingerprint density at radius 3 is 2.41 bits per heavy atom. The molecule has 2 aliphatic rings. The number of ether oxygens (including phenoxy) is 2. The molecule has 5 amide bonds. The highest BCUT2D eigenvalue weighted by Gasteiger charge is 2.35. The standard InChI is InChI=1S/C31H40N6O9/c1-4-32-29(42)24-7-6-10-37(24)26(38)18-46-25-16-22(33-21-15-19(3)8-9-20(21)25)28(41)34-23(17-27(39)40)30(43)35-11-13-36(14-12-35)31(44)45-5-2/h8-9,15-16,23-24H,4-7,10-14,17-18H2,1-3H3,(H,32,42)(H,34,41)(H,39,40). The molecular formula is C31H40N6O9. The van der Waals surface area contributed by atoms with Crippen LogP contribution in [0.3, 0.4) is 0 Å². The summed E-state index contributed by atoms with van der Waals surface area (Å²) >= 11 is 0. The molecule has 2 aromatic rings. The number of hydrogen-bond acceptors (Lipinski definition) is 9. The summed E-state index contributed by atoms with van der Waals surface area (Å²) in [6.07, 6.45) is 0.0728. The third-order valence-electron chi connectivity index (χ3n) is 7.84. The van der Waals surface area contributed by atoms with Gasteiger partial charge in [0.2, 0.25) is 11.8 Å². The first-order valence-electron chi connectivity index (χ1n) is 15.4. The number of aliphatic carboxylic acids is 1. The molecule has 15 heteroatoms. The molecule has 2 unspecified atom stereocenters. The number of carboxylic acids is 1. The number of benzene rings is 1. The highest BCUT2D eigenvalue weighted by molar-refractivity contribution is 6.00. The fraction of sp³-hybridized carbons (Fsp3) is 0.516. The van der Waals surface area contributed by atoms with Gasteiger partial charge in [0.25, 0.3) is 11.8 Å². The average molecular weight is 641 g/mol. The van der Waals surface area contributed by atoms with E-state index in [4.69, 9.17) is 9.47 Å². The van der Waals surface area contributed by atoms with Crippen LogP contribution >= 0.6 is 0 Å². The smallest absolute Gasteiger partial charge is 0.409 e. The molecule has 2 aliphatic heterocycles. The van der Waals surface area contributed by atoms with Crippen molar-refractivity contribution in [3.8, 4) is 5.75 Å². The van der Waals surface area contributed by atoms with Gasteiger partial charge in [0.1, 0.15) is 23.5 Å². The number of pyridine rings is 1. The number of carbonyl (C=O) groups excluding carboxylic acids is 5. The quantitative estimate of drug-likeness (QED) is 0.319. The summed E-state index contributed by atoms with van der Waals surface area (Å²) in [7, 11) is 0. The number of carboxylic acid groups (broad SMARTS) is 1. The Kier molecular flexibility index (Phi) is 11.3. The number of nitrogens with zero attached hydrogens (tertiary/aromatic N) is 4. The minimum Gasteiger partial charge on any atom is -0.483 e. The molecule has 0 saturated carbocycles. The Bertz CT molecular complexity index is 1490. The molecule has 46 heavy (non-hydrogen) atoms. The Hall–Kier alpha value is -4.95. The van der Waals surface area contributed by atoms with E-state index in [0.29, 0.717) is 36.8 Å². The Balaban J connectivity index is 1.51. The van der Waals surface area contributed by atoms with Gasteiger partial charge < -0.3 is 39.9 Å². The van der Waals surface area contributed by atoms with Crippen LogP contribution in [-0.2, 0) is 23.9 Å². The maximum atomic E-state index is 13.5. The Morgan fingerprint density at radius 1 is 1.02 bits per heavy atom. The van der Waals surface area contributed by atoms with Crippen LogP contribution in [0.5, 0.6) is 5.75 Å². The summed E-state index contributed by atoms with van der Waals surface area (Å²) in [6.45, 7) is 6.72. The van der Waals surface area contributed by atoms with Gasteiger partial charge in [-0.15, -0.1) is 0 Å².